The molecule has 0 radical (unpaired) electrons. The fraction of sp³-hybridized carbons (Fsp3) is 0.360. The van der Waals surface area contributed by atoms with Gasteiger partial charge >= 0.3 is 0 Å². The summed E-state index contributed by atoms with van der Waals surface area (Å²) in [5.74, 6) is 0. The van der Waals surface area contributed by atoms with E-state index in [1.807, 2.05) is 22.7 Å². The molecule has 2 aliphatic rings. The van der Waals surface area contributed by atoms with E-state index in [1.165, 1.54) is 26.4 Å². The van der Waals surface area contributed by atoms with Crippen LogP contribution in [-0.4, -0.2) is 8.07 Å². The molecule has 2 heterocycles. The van der Waals surface area contributed by atoms with Gasteiger partial charge in [0.2, 0.25) is 0 Å². The van der Waals surface area contributed by atoms with Crippen molar-refractivity contribution < 1.29 is 0 Å². The van der Waals surface area contributed by atoms with E-state index in [4.69, 9.17) is 0 Å². The third kappa shape index (κ3) is 2.39. The van der Waals surface area contributed by atoms with Crippen LogP contribution >= 0.6 is 22.7 Å². The van der Waals surface area contributed by atoms with Gasteiger partial charge in [-0.1, -0.05) is 36.9 Å². The van der Waals surface area contributed by atoms with Crippen molar-refractivity contribution in [3.63, 3.8) is 0 Å². The second kappa shape index (κ2) is 6.04. The Kier molecular flexibility index (Phi) is 4.01. The molecule has 0 bridgehead atoms. The van der Waals surface area contributed by atoms with Gasteiger partial charge in [-0.3, -0.25) is 0 Å². The lowest BCUT2D eigenvalue weighted by Gasteiger charge is -2.38. The Labute approximate surface area is 178 Å². The van der Waals surface area contributed by atoms with Gasteiger partial charge in [-0.15, -0.1) is 22.7 Å². The highest BCUT2D eigenvalue weighted by Crippen LogP contribution is 2.59. The van der Waals surface area contributed by atoms with E-state index in [-0.39, 0.29) is 0 Å². The minimum atomic E-state index is -1.74. The van der Waals surface area contributed by atoms with Crippen LogP contribution in [0.25, 0.3) is 15.8 Å². The van der Waals surface area contributed by atoms with E-state index in [9.17, 15) is 0 Å². The number of rotatable bonds is 2. The Hall–Kier alpha value is -1.42. The molecule has 2 aliphatic carbocycles. The van der Waals surface area contributed by atoms with Gasteiger partial charge in [0.15, 0.2) is 0 Å². The average molecular weight is 421 g/mol. The zero-order chi connectivity index (χ0) is 20.0. The molecule has 2 aromatic heterocycles. The quantitative estimate of drug-likeness (QED) is 0.367. The Bertz CT molecular complexity index is 1110. The van der Waals surface area contributed by atoms with Crippen LogP contribution in [0.3, 0.4) is 0 Å². The molecule has 1 aromatic carbocycles. The minimum Gasteiger partial charge on any atom is -0.139 e. The van der Waals surface area contributed by atoms with Gasteiger partial charge < -0.3 is 0 Å². The van der Waals surface area contributed by atoms with Gasteiger partial charge in [-0.25, -0.2) is 0 Å². The highest BCUT2D eigenvalue weighted by Gasteiger charge is 2.49. The third-order valence-corrected chi connectivity index (χ3v) is 13.6. The van der Waals surface area contributed by atoms with Gasteiger partial charge in [0, 0.05) is 30.6 Å². The molecule has 0 N–H and O–H groups in total. The van der Waals surface area contributed by atoms with E-state index >= 15 is 0 Å². The van der Waals surface area contributed by atoms with Gasteiger partial charge in [-0.05, 0) is 80.1 Å². The van der Waals surface area contributed by atoms with Crippen molar-refractivity contribution in [2.75, 3.05) is 0 Å². The fourth-order valence-electron chi connectivity index (χ4n) is 5.91. The standard InChI is InChI=1S/C25H28S2Si/c1-13-8-9-14(2)21-18(13)10-15(3)24(21)28(6,7)25-19-11-16(4)26-22(19)23-20(25)12-17(5)27-23/h8-12,24-25H,1-7H3. The summed E-state index contributed by atoms with van der Waals surface area (Å²) in [5.41, 5.74) is 12.1. The first-order valence-electron chi connectivity index (χ1n) is 10.2. The number of hydrogen-bond donors (Lipinski definition) is 0. The van der Waals surface area contributed by atoms with Crippen molar-refractivity contribution in [1.29, 1.82) is 0 Å². The largest absolute Gasteiger partial charge is 0.139 e. The molecule has 0 nitrogen and oxygen atoms in total. The minimum absolute atomic E-state index is 0.603. The Balaban J connectivity index is 1.73. The zero-order valence-electron chi connectivity index (χ0n) is 17.9. The zero-order valence-corrected chi connectivity index (χ0v) is 20.5. The first-order valence-corrected chi connectivity index (χ1v) is 15.0. The molecule has 0 saturated heterocycles. The summed E-state index contributed by atoms with van der Waals surface area (Å²) in [4.78, 5) is 6.05. The van der Waals surface area contributed by atoms with Gasteiger partial charge in [0.1, 0.15) is 0 Å². The van der Waals surface area contributed by atoms with Crippen molar-refractivity contribution in [2.45, 2.75) is 58.8 Å². The highest BCUT2D eigenvalue weighted by atomic mass is 32.1. The van der Waals surface area contributed by atoms with Crippen molar-refractivity contribution in [2.24, 2.45) is 0 Å². The molecule has 3 aromatic rings. The van der Waals surface area contributed by atoms with Crippen LogP contribution < -0.4 is 0 Å². The highest BCUT2D eigenvalue weighted by molar-refractivity contribution is 7.22. The molecule has 5 rings (SSSR count). The molecule has 1 unspecified atom stereocenters. The number of hydrogen-bond acceptors (Lipinski definition) is 2. The molecular weight excluding hydrogens is 392 g/mol. The third-order valence-electron chi connectivity index (χ3n) is 6.92. The molecule has 0 fully saturated rings. The Morgan fingerprint density at radius 3 is 1.86 bits per heavy atom. The van der Waals surface area contributed by atoms with E-state index in [2.05, 4.69) is 78.1 Å². The smallest absolute Gasteiger partial charge is 0.0727 e. The lowest BCUT2D eigenvalue weighted by molar-refractivity contribution is 0.977. The second-order valence-corrected chi connectivity index (χ2v) is 16.7. The van der Waals surface area contributed by atoms with Crippen molar-refractivity contribution >= 4 is 36.8 Å². The topological polar surface area (TPSA) is 0 Å². The summed E-state index contributed by atoms with van der Waals surface area (Å²) in [6.07, 6.45) is 2.49. The summed E-state index contributed by atoms with van der Waals surface area (Å²) in [7, 11) is -1.74. The SMILES string of the molecule is CC1=Cc2c(C)ccc(C)c2C1[Si](C)(C)C1c2cc(C)sc2-c2sc(C)cc21. The van der Waals surface area contributed by atoms with Crippen LogP contribution in [0.2, 0.25) is 13.1 Å². The van der Waals surface area contributed by atoms with Crippen LogP contribution in [0.5, 0.6) is 0 Å². The molecule has 0 spiro atoms. The maximum atomic E-state index is 2.65. The summed E-state index contributed by atoms with van der Waals surface area (Å²) in [6, 6.07) is 9.64. The van der Waals surface area contributed by atoms with Crippen LogP contribution in [0.1, 0.15) is 61.1 Å². The number of aryl methyl sites for hydroxylation is 4. The first-order chi connectivity index (χ1) is 13.2. The molecule has 3 heteroatoms. The predicted octanol–water partition coefficient (Wildman–Crippen LogP) is 8.14. The van der Waals surface area contributed by atoms with Gasteiger partial charge in [-0.2, -0.15) is 0 Å². The van der Waals surface area contributed by atoms with Crippen LogP contribution in [0.15, 0.2) is 29.8 Å². The van der Waals surface area contributed by atoms with E-state index in [1.54, 1.807) is 32.0 Å². The van der Waals surface area contributed by atoms with E-state index in [0.717, 1.165) is 0 Å². The van der Waals surface area contributed by atoms with Crippen LogP contribution in [0.4, 0.5) is 0 Å². The van der Waals surface area contributed by atoms with Gasteiger partial charge in [0.25, 0.3) is 0 Å². The molecule has 28 heavy (non-hydrogen) atoms. The predicted molar refractivity (Wildman–Crippen MR) is 129 cm³/mol. The molecule has 0 saturated carbocycles. The van der Waals surface area contributed by atoms with Crippen molar-refractivity contribution in [3.8, 4) is 9.75 Å². The number of thiophene rings is 2. The summed E-state index contributed by atoms with van der Waals surface area (Å²) < 4.78 is 0. The molecule has 144 valence electrons. The summed E-state index contributed by atoms with van der Waals surface area (Å²) in [5, 5.41) is 0. The lowest BCUT2D eigenvalue weighted by atomic mass is 9.99. The Morgan fingerprint density at radius 1 is 0.750 bits per heavy atom. The summed E-state index contributed by atoms with van der Waals surface area (Å²) in [6.45, 7) is 16.8. The monoisotopic (exact) mass is 420 g/mol. The second-order valence-electron chi connectivity index (χ2n) is 9.39. The van der Waals surface area contributed by atoms with Crippen molar-refractivity contribution in [1.82, 2.24) is 0 Å². The Morgan fingerprint density at radius 2 is 1.29 bits per heavy atom. The number of allylic oxidation sites excluding steroid dienone is 1. The molecule has 1 atom stereocenters. The fourth-order valence-corrected chi connectivity index (χ4v) is 13.2. The number of fused-ring (bicyclic) bond motifs is 4. The average Bonchev–Trinajstić information content (AvgIpc) is 3.30. The molecular formula is C25H28S2Si. The van der Waals surface area contributed by atoms with Gasteiger partial charge in [0.05, 0.1) is 8.07 Å². The van der Waals surface area contributed by atoms with E-state index < -0.39 is 8.07 Å². The van der Waals surface area contributed by atoms with E-state index in [0.29, 0.717) is 11.1 Å². The van der Waals surface area contributed by atoms with Crippen LogP contribution in [0, 0.1) is 27.7 Å². The van der Waals surface area contributed by atoms with Crippen LogP contribution in [-0.2, 0) is 0 Å². The lowest BCUT2D eigenvalue weighted by Crippen LogP contribution is -2.42. The molecule has 0 aliphatic heterocycles. The molecule has 0 amide bonds. The summed E-state index contributed by atoms with van der Waals surface area (Å²) >= 11 is 4.01. The first kappa shape index (κ1) is 18.6. The maximum Gasteiger partial charge on any atom is 0.0727 e. The number of benzene rings is 1. The maximum absolute atomic E-state index is 2.65. The normalized spacial score (nSPS) is 18.2. The van der Waals surface area contributed by atoms with Crippen molar-refractivity contribution in [3.05, 3.63) is 73.0 Å².